The van der Waals surface area contributed by atoms with Crippen molar-refractivity contribution in [1.29, 1.82) is 0 Å². The second kappa shape index (κ2) is 9.01. The van der Waals surface area contributed by atoms with Crippen LogP contribution in [0.5, 0.6) is 0 Å². The van der Waals surface area contributed by atoms with Gasteiger partial charge >= 0.3 is 0 Å². The molecule has 0 atom stereocenters. The quantitative estimate of drug-likeness (QED) is 0.396. The molecule has 4 aromatic rings. The van der Waals surface area contributed by atoms with Gasteiger partial charge in [-0.15, -0.1) is 11.8 Å². The summed E-state index contributed by atoms with van der Waals surface area (Å²) in [6.07, 6.45) is 6.57. The molecule has 0 saturated carbocycles. The predicted molar refractivity (Wildman–Crippen MR) is 129 cm³/mol. The highest BCUT2D eigenvalue weighted by Gasteiger charge is 2.27. The molecule has 0 spiro atoms. The molecule has 2 heterocycles. The maximum Gasteiger partial charge on any atom is 0.276 e. The van der Waals surface area contributed by atoms with Gasteiger partial charge in [-0.05, 0) is 74.2 Å². The molecule has 32 heavy (non-hydrogen) atoms. The first kappa shape index (κ1) is 20.5. The Balaban J connectivity index is 1.30. The summed E-state index contributed by atoms with van der Waals surface area (Å²) in [7, 11) is 0. The Kier molecular flexibility index (Phi) is 5.77. The minimum absolute atomic E-state index is 0.148. The van der Waals surface area contributed by atoms with E-state index in [4.69, 9.17) is 5.10 Å². The molecule has 1 aliphatic rings. The molecule has 160 valence electrons. The number of benzene rings is 2. The number of aryl methyl sites for hydroxylation is 1. The van der Waals surface area contributed by atoms with Crippen LogP contribution in [-0.2, 0) is 18.6 Å². The lowest BCUT2D eigenvalue weighted by Gasteiger charge is -2.07. The molecule has 5 rings (SSSR count). The van der Waals surface area contributed by atoms with Gasteiger partial charge in [0.1, 0.15) is 0 Å². The lowest BCUT2D eigenvalue weighted by Crippen LogP contribution is -2.15. The molecule has 2 aromatic heterocycles. The van der Waals surface area contributed by atoms with Crippen LogP contribution in [0, 0.1) is 6.92 Å². The molecule has 0 fully saturated rings. The van der Waals surface area contributed by atoms with E-state index in [9.17, 15) is 4.79 Å². The van der Waals surface area contributed by atoms with E-state index in [2.05, 4.69) is 47.6 Å². The molecule has 1 aliphatic carbocycles. The number of rotatable bonds is 6. The second-order valence-corrected chi connectivity index (χ2v) is 9.05. The van der Waals surface area contributed by atoms with E-state index >= 15 is 0 Å². The third kappa shape index (κ3) is 4.32. The summed E-state index contributed by atoms with van der Waals surface area (Å²) < 4.78 is 1.94. The zero-order chi connectivity index (χ0) is 21.9. The maximum absolute atomic E-state index is 13.1. The first-order chi connectivity index (χ1) is 15.7. The van der Waals surface area contributed by atoms with Crippen LogP contribution in [0.2, 0.25) is 0 Å². The van der Waals surface area contributed by atoms with Gasteiger partial charge in [0.15, 0.2) is 5.69 Å². The number of amides is 1. The van der Waals surface area contributed by atoms with E-state index < -0.39 is 0 Å². The molecule has 1 N–H and O–H groups in total. The van der Waals surface area contributed by atoms with E-state index in [1.807, 2.05) is 41.2 Å². The Labute approximate surface area is 191 Å². The standard InChI is InChI=1S/C26H24N4OS/c1-18-7-11-21(12-8-18)30-24-6-2-5-23(24)25(29-30)26(31)28-20-9-13-22(14-10-20)32-17-19-4-3-15-27-16-19/h3-4,7-16H,2,5-6,17H2,1H3,(H,28,31). The summed E-state index contributed by atoms with van der Waals surface area (Å²) >= 11 is 1.75. The number of pyridine rings is 1. The number of thioether (sulfide) groups is 1. The average molecular weight is 441 g/mol. The van der Waals surface area contributed by atoms with E-state index in [0.29, 0.717) is 5.69 Å². The van der Waals surface area contributed by atoms with Crippen molar-refractivity contribution in [3.63, 3.8) is 0 Å². The van der Waals surface area contributed by atoms with Gasteiger partial charge in [0, 0.05) is 40.0 Å². The smallest absolute Gasteiger partial charge is 0.276 e. The van der Waals surface area contributed by atoms with Crippen molar-refractivity contribution in [2.45, 2.75) is 36.8 Å². The van der Waals surface area contributed by atoms with Crippen molar-refractivity contribution in [2.75, 3.05) is 5.32 Å². The van der Waals surface area contributed by atoms with E-state index in [0.717, 1.165) is 52.5 Å². The summed E-state index contributed by atoms with van der Waals surface area (Å²) in [6.45, 7) is 2.07. The largest absolute Gasteiger partial charge is 0.321 e. The lowest BCUT2D eigenvalue weighted by molar-refractivity contribution is 0.102. The van der Waals surface area contributed by atoms with Crippen LogP contribution in [0.25, 0.3) is 5.69 Å². The van der Waals surface area contributed by atoms with Crippen molar-refractivity contribution in [3.8, 4) is 5.69 Å². The Morgan fingerprint density at radius 3 is 2.62 bits per heavy atom. The van der Waals surface area contributed by atoms with Crippen molar-refractivity contribution in [1.82, 2.24) is 14.8 Å². The van der Waals surface area contributed by atoms with Gasteiger partial charge in [0.25, 0.3) is 5.91 Å². The highest BCUT2D eigenvalue weighted by molar-refractivity contribution is 7.98. The number of nitrogens with zero attached hydrogens (tertiary/aromatic N) is 3. The van der Waals surface area contributed by atoms with Crippen molar-refractivity contribution >= 4 is 23.4 Å². The van der Waals surface area contributed by atoms with Crippen LogP contribution >= 0.6 is 11.8 Å². The first-order valence-corrected chi connectivity index (χ1v) is 11.8. The second-order valence-electron chi connectivity index (χ2n) is 8.00. The molecule has 0 bridgehead atoms. The van der Waals surface area contributed by atoms with Crippen molar-refractivity contribution in [2.24, 2.45) is 0 Å². The van der Waals surface area contributed by atoms with Crippen LogP contribution in [0.15, 0.2) is 78.0 Å². The number of nitrogens with one attached hydrogen (secondary N) is 1. The van der Waals surface area contributed by atoms with E-state index in [1.165, 1.54) is 11.1 Å². The lowest BCUT2D eigenvalue weighted by atomic mass is 10.2. The van der Waals surface area contributed by atoms with Gasteiger partial charge in [-0.2, -0.15) is 5.10 Å². The molecule has 0 saturated heterocycles. The van der Waals surface area contributed by atoms with E-state index in [-0.39, 0.29) is 5.91 Å². The number of hydrogen-bond donors (Lipinski definition) is 1. The fourth-order valence-corrected chi connectivity index (χ4v) is 4.83. The molecule has 0 unspecified atom stereocenters. The Hall–Kier alpha value is -3.38. The number of carbonyl (C=O) groups excluding carboxylic acids is 1. The number of fused-ring (bicyclic) bond motifs is 1. The van der Waals surface area contributed by atoms with Crippen molar-refractivity contribution in [3.05, 3.63) is 101 Å². The molecular weight excluding hydrogens is 416 g/mol. The van der Waals surface area contributed by atoms with Gasteiger partial charge in [-0.25, -0.2) is 4.68 Å². The molecule has 0 aliphatic heterocycles. The van der Waals surface area contributed by atoms with Gasteiger partial charge in [-0.1, -0.05) is 23.8 Å². The topological polar surface area (TPSA) is 59.8 Å². The van der Waals surface area contributed by atoms with Crippen molar-refractivity contribution < 1.29 is 4.79 Å². The minimum atomic E-state index is -0.148. The fraction of sp³-hybridized carbons (Fsp3) is 0.192. The zero-order valence-corrected chi connectivity index (χ0v) is 18.7. The van der Waals surface area contributed by atoms with Crippen LogP contribution in [0.3, 0.4) is 0 Å². The third-order valence-corrected chi connectivity index (χ3v) is 6.75. The minimum Gasteiger partial charge on any atom is -0.321 e. The Bertz CT molecular complexity index is 1230. The van der Waals surface area contributed by atoms with Crippen LogP contribution in [0.1, 0.15) is 39.3 Å². The summed E-state index contributed by atoms with van der Waals surface area (Å²) in [5, 5.41) is 7.73. The molecule has 1 amide bonds. The molecular formula is C26H24N4OS. The predicted octanol–water partition coefficient (Wildman–Crippen LogP) is 5.61. The maximum atomic E-state index is 13.1. The summed E-state index contributed by atoms with van der Waals surface area (Å²) in [5.74, 6) is 0.715. The third-order valence-electron chi connectivity index (χ3n) is 5.66. The summed E-state index contributed by atoms with van der Waals surface area (Å²) in [5.41, 5.74) is 6.94. The Morgan fingerprint density at radius 1 is 1.06 bits per heavy atom. The normalized spacial score (nSPS) is 12.5. The average Bonchev–Trinajstić information content (AvgIpc) is 3.43. The highest BCUT2D eigenvalue weighted by atomic mass is 32.2. The number of hydrogen-bond acceptors (Lipinski definition) is 4. The number of aromatic nitrogens is 3. The summed E-state index contributed by atoms with van der Waals surface area (Å²) in [4.78, 5) is 18.4. The Morgan fingerprint density at radius 2 is 1.88 bits per heavy atom. The fourth-order valence-electron chi connectivity index (χ4n) is 3.99. The SMILES string of the molecule is Cc1ccc(-n2nc(C(=O)Nc3ccc(SCc4cccnc4)cc3)c3c2CCC3)cc1. The van der Waals surface area contributed by atoms with Gasteiger partial charge < -0.3 is 5.32 Å². The molecule has 5 nitrogen and oxygen atoms in total. The molecule has 2 aromatic carbocycles. The van der Waals surface area contributed by atoms with Crippen LogP contribution in [0.4, 0.5) is 5.69 Å². The number of anilines is 1. The molecule has 6 heteroatoms. The zero-order valence-electron chi connectivity index (χ0n) is 17.9. The van der Waals surface area contributed by atoms with Crippen LogP contribution in [-0.4, -0.2) is 20.7 Å². The highest BCUT2D eigenvalue weighted by Crippen LogP contribution is 2.29. The first-order valence-electron chi connectivity index (χ1n) is 10.8. The van der Waals surface area contributed by atoms with Gasteiger partial charge in [-0.3, -0.25) is 9.78 Å². The van der Waals surface area contributed by atoms with Gasteiger partial charge in [0.2, 0.25) is 0 Å². The molecule has 0 radical (unpaired) electrons. The monoisotopic (exact) mass is 440 g/mol. The summed E-state index contributed by atoms with van der Waals surface area (Å²) in [6, 6.07) is 20.3. The van der Waals surface area contributed by atoms with E-state index in [1.54, 1.807) is 18.0 Å². The number of carbonyl (C=O) groups is 1. The van der Waals surface area contributed by atoms with Crippen LogP contribution < -0.4 is 5.32 Å². The van der Waals surface area contributed by atoms with Gasteiger partial charge in [0.05, 0.1) is 5.69 Å².